The number of nitrogens with zero attached hydrogens (tertiary/aromatic N) is 3. The maximum atomic E-state index is 13.5. The average molecular weight is 569 g/mol. The molecule has 2 aromatic carbocycles. The van der Waals surface area contributed by atoms with Gasteiger partial charge >= 0.3 is 0 Å². The van der Waals surface area contributed by atoms with Crippen molar-refractivity contribution < 1.29 is 32.7 Å². The van der Waals surface area contributed by atoms with E-state index in [1.54, 1.807) is 17.6 Å². The average Bonchev–Trinajstić information content (AvgIpc) is 2.95. The molecule has 5 rings (SSSR count). The lowest BCUT2D eigenvalue weighted by atomic mass is 9.86. The number of ether oxygens (including phenoxy) is 2. The molecule has 2 aliphatic rings. The van der Waals surface area contributed by atoms with E-state index < -0.39 is 21.5 Å². The Bertz CT molecular complexity index is 1520. The van der Waals surface area contributed by atoms with Gasteiger partial charge in [0.25, 0.3) is 5.91 Å². The van der Waals surface area contributed by atoms with Crippen LogP contribution < -0.4 is 10.2 Å². The van der Waals surface area contributed by atoms with Gasteiger partial charge in [-0.25, -0.2) is 13.9 Å². The third-order valence-electron chi connectivity index (χ3n) is 7.72. The first-order valence-electron chi connectivity index (χ1n) is 13.0. The smallest absolute Gasteiger partial charge is 0.268 e. The molecular formula is C28H32N4O7S. The quantitative estimate of drug-likeness (QED) is 0.312. The zero-order valence-electron chi connectivity index (χ0n) is 22.4. The lowest BCUT2D eigenvalue weighted by Crippen LogP contribution is -2.77. The van der Waals surface area contributed by atoms with Gasteiger partial charge < -0.3 is 14.4 Å². The molecule has 0 bridgehead atoms. The fraction of sp³-hybridized carbons (Fsp3) is 0.393. The zero-order valence-corrected chi connectivity index (χ0v) is 23.2. The Morgan fingerprint density at radius 3 is 2.50 bits per heavy atom. The Kier molecular flexibility index (Phi) is 7.78. The highest BCUT2D eigenvalue weighted by molar-refractivity contribution is 7.89. The number of aryl methyl sites for hydroxylation is 1. The van der Waals surface area contributed by atoms with Crippen molar-refractivity contribution in [2.24, 2.45) is 5.92 Å². The van der Waals surface area contributed by atoms with E-state index in [1.807, 2.05) is 37.3 Å². The summed E-state index contributed by atoms with van der Waals surface area (Å²) in [5.41, 5.74) is 2.64. The van der Waals surface area contributed by atoms with Crippen molar-refractivity contribution in [2.45, 2.75) is 36.8 Å². The molecular weight excluding hydrogens is 536 g/mol. The van der Waals surface area contributed by atoms with Crippen LogP contribution in [0.2, 0.25) is 0 Å². The second-order valence-electron chi connectivity index (χ2n) is 10.2. The molecule has 212 valence electrons. The van der Waals surface area contributed by atoms with E-state index in [2.05, 4.69) is 4.98 Å². The van der Waals surface area contributed by atoms with Crippen LogP contribution in [0.25, 0.3) is 10.9 Å². The summed E-state index contributed by atoms with van der Waals surface area (Å²) < 4.78 is 39.3. The molecule has 11 nitrogen and oxygen atoms in total. The van der Waals surface area contributed by atoms with Gasteiger partial charge in [-0.1, -0.05) is 18.2 Å². The van der Waals surface area contributed by atoms with Gasteiger partial charge in [-0.2, -0.15) is 4.31 Å². The van der Waals surface area contributed by atoms with Crippen molar-refractivity contribution in [2.75, 3.05) is 33.4 Å². The number of amides is 2. The minimum atomic E-state index is -4.17. The van der Waals surface area contributed by atoms with E-state index in [0.29, 0.717) is 31.8 Å². The van der Waals surface area contributed by atoms with E-state index in [4.69, 9.17) is 9.47 Å². The van der Waals surface area contributed by atoms with Crippen molar-refractivity contribution in [1.29, 1.82) is 0 Å². The number of carbonyl (C=O) groups is 2. The molecule has 0 spiro atoms. The fourth-order valence-corrected chi connectivity index (χ4v) is 6.76. The highest BCUT2D eigenvalue weighted by Gasteiger charge is 2.58. The molecule has 2 fully saturated rings. The first kappa shape index (κ1) is 28.0. The number of pyridine rings is 1. The van der Waals surface area contributed by atoms with Crippen LogP contribution in [0.15, 0.2) is 59.5 Å². The summed E-state index contributed by atoms with van der Waals surface area (Å²) in [5, 5.41) is 10.4. The van der Waals surface area contributed by atoms with Gasteiger partial charge in [-0.15, -0.1) is 0 Å². The zero-order chi connectivity index (χ0) is 28.5. The predicted molar refractivity (Wildman–Crippen MR) is 145 cm³/mol. The van der Waals surface area contributed by atoms with Gasteiger partial charge in [0.15, 0.2) is 5.54 Å². The Balaban J connectivity index is 1.29. The van der Waals surface area contributed by atoms with Gasteiger partial charge in [0, 0.05) is 42.8 Å². The summed E-state index contributed by atoms with van der Waals surface area (Å²) in [4.78, 5) is 31.6. The van der Waals surface area contributed by atoms with Crippen LogP contribution in [-0.4, -0.2) is 78.5 Å². The second-order valence-corrected chi connectivity index (χ2v) is 12.2. The van der Waals surface area contributed by atoms with Crippen LogP contribution in [0.1, 0.15) is 24.1 Å². The number of likely N-dealkylation sites (N-methyl/N-ethyl adjacent to an activating group) is 1. The minimum absolute atomic E-state index is 0.0492. The molecule has 2 saturated heterocycles. The van der Waals surface area contributed by atoms with Gasteiger partial charge in [-0.05, 0) is 56.2 Å². The summed E-state index contributed by atoms with van der Waals surface area (Å²) in [6.07, 6.45) is 1.15. The number of carbonyl (C=O) groups excluding carboxylic acids is 2. The molecule has 0 saturated carbocycles. The van der Waals surface area contributed by atoms with Gasteiger partial charge in [-0.3, -0.25) is 19.8 Å². The topological polar surface area (TPSA) is 138 Å². The standard InChI is InChI=1S/C28H32N4O7S/c1-19-15-21(24-5-3-4-6-25(24)29-19)16-39-22-7-9-23(10-8-22)40(36,37)31(2)28(27(34)30-35)17-32(18-28)26(33)20-11-13-38-14-12-20/h3-10,15,20,35H,11-14,16-18H2,1-2H3,(H,30,34). The monoisotopic (exact) mass is 568 g/mol. The number of para-hydroxylation sites is 1. The lowest BCUT2D eigenvalue weighted by molar-refractivity contribution is -0.160. The number of benzene rings is 2. The number of fused-ring (bicyclic) bond motifs is 1. The Morgan fingerprint density at radius 1 is 1.15 bits per heavy atom. The number of likely N-dealkylation sites (tertiary alicyclic amines) is 1. The van der Waals surface area contributed by atoms with Crippen molar-refractivity contribution in [3.63, 3.8) is 0 Å². The molecule has 3 aromatic rings. The van der Waals surface area contributed by atoms with E-state index in [9.17, 15) is 23.2 Å². The molecule has 2 amide bonds. The molecule has 1 aromatic heterocycles. The van der Waals surface area contributed by atoms with Crippen LogP contribution in [0, 0.1) is 12.8 Å². The number of sulfonamides is 1. The van der Waals surface area contributed by atoms with E-state index >= 15 is 0 Å². The van der Waals surface area contributed by atoms with Crippen LogP contribution in [-0.2, 0) is 31.0 Å². The number of aromatic nitrogens is 1. The van der Waals surface area contributed by atoms with E-state index in [0.717, 1.165) is 26.5 Å². The third kappa shape index (κ3) is 5.15. The molecule has 2 aliphatic heterocycles. The first-order valence-corrected chi connectivity index (χ1v) is 14.5. The Morgan fingerprint density at radius 2 is 1.82 bits per heavy atom. The Hall–Kier alpha value is -3.58. The van der Waals surface area contributed by atoms with Crippen molar-refractivity contribution in [1.82, 2.24) is 19.7 Å². The van der Waals surface area contributed by atoms with E-state index in [1.165, 1.54) is 24.1 Å². The number of rotatable bonds is 8. The predicted octanol–water partition coefficient (Wildman–Crippen LogP) is 2.26. The SMILES string of the molecule is Cc1cc(COc2ccc(S(=O)(=O)N(C)C3(C(=O)NO)CN(C(=O)C4CCOCC4)C3)cc2)c2ccccc2n1. The normalized spacial score (nSPS) is 17.4. The van der Waals surface area contributed by atoms with Crippen molar-refractivity contribution in [3.8, 4) is 5.75 Å². The molecule has 0 radical (unpaired) electrons. The summed E-state index contributed by atoms with van der Waals surface area (Å²) in [6, 6.07) is 15.7. The molecule has 40 heavy (non-hydrogen) atoms. The third-order valence-corrected chi connectivity index (χ3v) is 9.66. The van der Waals surface area contributed by atoms with Crippen molar-refractivity contribution in [3.05, 3.63) is 65.9 Å². The maximum Gasteiger partial charge on any atom is 0.268 e. The summed E-state index contributed by atoms with van der Waals surface area (Å²) in [7, 11) is -2.89. The van der Waals surface area contributed by atoms with Gasteiger partial charge in [0.1, 0.15) is 12.4 Å². The first-order chi connectivity index (χ1) is 19.2. The summed E-state index contributed by atoms with van der Waals surface area (Å²) >= 11 is 0. The number of nitrogens with one attached hydrogen (secondary N) is 1. The fourth-order valence-electron chi connectivity index (χ4n) is 5.30. The van der Waals surface area contributed by atoms with Crippen molar-refractivity contribution >= 4 is 32.7 Å². The number of hydroxylamine groups is 1. The van der Waals surface area contributed by atoms with Crippen LogP contribution in [0.4, 0.5) is 0 Å². The highest BCUT2D eigenvalue weighted by atomic mass is 32.2. The lowest BCUT2D eigenvalue weighted by Gasteiger charge is -2.52. The highest BCUT2D eigenvalue weighted by Crippen LogP contribution is 2.34. The minimum Gasteiger partial charge on any atom is -0.489 e. The molecule has 0 unspecified atom stereocenters. The Labute approximate surface area is 232 Å². The second kappa shape index (κ2) is 11.1. The van der Waals surface area contributed by atoms with Crippen LogP contribution >= 0.6 is 0 Å². The van der Waals surface area contributed by atoms with Gasteiger partial charge in [0.2, 0.25) is 15.9 Å². The summed E-state index contributed by atoms with van der Waals surface area (Å²) in [6.45, 7) is 2.83. The van der Waals surface area contributed by atoms with E-state index in [-0.39, 0.29) is 36.4 Å². The van der Waals surface area contributed by atoms with Crippen LogP contribution in [0.3, 0.4) is 0 Å². The number of hydrogen-bond acceptors (Lipinski definition) is 8. The van der Waals surface area contributed by atoms with Crippen LogP contribution in [0.5, 0.6) is 5.75 Å². The molecule has 12 heteroatoms. The molecule has 0 aliphatic carbocycles. The molecule has 0 atom stereocenters. The maximum absolute atomic E-state index is 13.5. The molecule has 3 heterocycles. The largest absolute Gasteiger partial charge is 0.489 e. The number of hydrogen-bond donors (Lipinski definition) is 2. The van der Waals surface area contributed by atoms with Gasteiger partial charge in [0.05, 0.1) is 23.5 Å². The summed E-state index contributed by atoms with van der Waals surface area (Å²) in [5.74, 6) is -0.796. The molecule has 2 N–H and O–H groups in total.